The van der Waals surface area contributed by atoms with E-state index in [1.54, 1.807) is 30.6 Å². The Morgan fingerprint density at radius 2 is 1.89 bits per heavy atom. The number of anilines is 1. The number of aromatic nitrogens is 3. The molecule has 5 nitrogen and oxygen atoms in total. The zero-order valence-corrected chi connectivity index (χ0v) is 10.1. The van der Waals surface area contributed by atoms with E-state index in [-0.39, 0.29) is 0 Å². The van der Waals surface area contributed by atoms with Gasteiger partial charge >= 0.3 is 0 Å². The zero-order valence-electron chi connectivity index (χ0n) is 10.1. The number of rotatable bonds is 3. The Bertz CT molecular complexity index is 662. The molecule has 0 radical (unpaired) electrons. The van der Waals surface area contributed by atoms with Gasteiger partial charge in [0.1, 0.15) is 17.4 Å². The molecular formula is C14H12N4O. The maximum absolute atomic E-state index is 5.61. The van der Waals surface area contributed by atoms with E-state index in [9.17, 15) is 0 Å². The summed E-state index contributed by atoms with van der Waals surface area (Å²) in [5.41, 5.74) is 6.60. The van der Waals surface area contributed by atoms with Gasteiger partial charge in [-0.2, -0.15) is 4.98 Å². The Balaban J connectivity index is 1.80. The average Bonchev–Trinajstić information content (AvgIpc) is 2.94. The van der Waals surface area contributed by atoms with Gasteiger partial charge < -0.3 is 15.5 Å². The average molecular weight is 252 g/mol. The lowest BCUT2D eigenvalue weighted by molar-refractivity contribution is 0.464. The van der Waals surface area contributed by atoms with Crippen molar-refractivity contribution in [3.8, 4) is 23.0 Å². The molecule has 2 aromatic heterocycles. The molecule has 0 unspecified atom stereocenters. The number of aromatic amines is 1. The number of hydrogen-bond donors (Lipinski definition) is 2. The third kappa shape index (κ3) is 2.55. The van der Waals surface area contributed by atoms with Gasteiger partial charge in [0, 0.05) is 24.0 Å². The van der Waals surface area contributed by atoms with E-state index < -0.39 is 0 Å². The van der Waals surface area contributed by atoms with Crippen molar-refractivity contribution < 1.29 is 4.74 Å². The Morgan fingerprint density at radius 3 is 2.58 bits per heavy atom. The Labute approximate surface area is 110 Å². The van der Waals surface area contributed by atoms with Gasteiger partial charge in [0.25, 0.3) is 0 Å². The van der Waals surface area contributed by atoms with E-state index in [0.717, 1.165) is 11.4 Å². The first-order valence-electron chi connectivity index (χ1n) is 5.81. The first-order valence-corrected chi connectivity index (χ1v) is 5.81. The minimum absolute atomic E-state index is 0.435. The lowest BCUT2D eigenvalue weighted by Gasteiger charge is -2.05. The molecule has 3 aromatic rings. The molecule has 19 heavy (non-hydrogen) atoms. The normalized spacial score (nSPS) is 10.3. The summed E-state index contributed by atoms with van der Waals surface area (Å²) in [6, 6.07) is 12.9. The number of nitrogen functional groups attached to an aromatic ring is 1. The van der Waals surface area contributed by atoms with Crippen LogP contribution in [0.2, 0.25) is 0 Å². The van der Waals surface area contributed by atoms with Crippen molar-refractivity contribution in [2.75, 3.05) is 5.73 Å². The van der Waals surface area contributed by atoms with Gasteiger partial charge in [0.15, 0.2) is 0 Å². The summed E-state index contributed by atoms with van der Waals surface area (Å²) < 4.78 is 5.61. The first kappa shape index (κ1) is 11.3. The third-order valence-corrected chi connectivity index (χ3v) is 2.59. The molecule has 5 heteroatoms. The Morgan fingerprint density at radius 1 is 1.05 bits per heavy atom. The summed E-state index contributed by atoms with van der Waals surface area (Å²) in [5.74, 6) is 2.44. The van der Waals surface area contributed by atoms with E-state index in [4.69, 9.17) is 10.5 Å². The quantitative estimate of drug-likeness (QED) is 0.751. The van der Waals surface area contributed by atoms with Crippen molar-refractivity contribution in [2.24, 2.45) is 0 Å². The van der Waals surface area contributed by atoms with Crippen LogP contribution in [-0.4, -0.2) is 15.0 Å². The minimum atomic E-state index is 0.435. The highest BCUT2D eigenvalue weighted by molar-refractivity contribution is 5.56. The number of imidazole rings is 1. The number of ether oxygens (including phenoxy) is 1. The summed E-state index contributed by atoms with van der Waals surface area (Å²) in [6.07, 6.45) is 3.51. The van der Waals surface area contributed by atoms with E-state index in [1.807, 2.05) is 24.3 Å². The van der Waals surface area contributed by atoms with Crippen molar-refractivity contribution in [2.45, 2.75) is 0 Å². The second-order valence-corrected chi connectivity index (χ2v) is 3.96. The highest BCUT2D eigenvalue weighted by atomic mass is 16.5. The number of pyridine rings is 1. The second kappa shape index (κ2) is 4.81. The molecular weight excluding hydrogens is 240 g/mol. The van der Waals surface area contributed by atoms with Crippen molar-refractivity contribution in [3.05, 3.63) is 54.9 Å². The lowest BCUT2D eigenvalue weighted by Crippen LogP contribution is -1.92. The SMILES string of the molecule is Nc1cccc(Oc2ccc(-c3ncc[nH]3)cc2)n1. The number of nitrogens with zero attached hydrogens (tertiary/aromatic N) is 2. The molecule has 3 rings (SSSR count). The van der Waals surface area contributed by atoms with Gasteiger partial charge in [0.05, 0.1) is 0 Å². The van der Waals surface area contributed by atoms with Gasteiger partial charge in [-0.25, -0.2) is 4.98 Å². The molecule has 0 aliphatic heterocycles. The maximum Gasteiger partial charge on any atom is 0.221 e. The Kier molecular flexibility index (Phi) is 2.86. The molecule has 0 spiro atoms. The van der Waals surface area contributed by atoms with Gasteiger partial charge in [-0.05, 0) is 30.3 Å². The van der Waals surface area contributed by atoms with Gasteiger partial charge in [-0.1, -0.05) is 6.07 Å². The highest BCUT2D eigenvalue weighted by Crippen LogP contribution is 2.23. The summed E-state index contributed by atoms with van der Waals surface area (Å²) in [7, 11) is 0. The first-order chi connectivity index (χ1) is 9.31. The number of nitrogens with one attached hydrogen (secondary N) is 1. The van der Waals surface area contributed by atoms with Gasteiger partial charge in [-0.15, -0.1) is 0 Å². The van der Waals surface area contributed by atoms with E-state index in [0.29, 0.717) is 17.4 Å². The van der Waals surface area contributed by atoms with Crippen LogP contribution in [0.5, 0.6) is 11.6 Å². The fourth-order valence-corrected chi connectivity index (χ4v) is 1.71. The highest BCUT2D eigenvalue weighted by Gasteiger charge is 2.02. The standard InChI is InChI=1S/C14H12N4O/c15-12-2-1-3-13(18-12)19-11-6-4-10(5-7-11)14-16-8-9-17-14/h1-9H,(H2,15,18)(H,16,17). The molecule has 0 bridgehead atoms. The van der Waals surface area contributed by atoms with E-state index in [2.05, 4.69) is 15.0 Å². The second-order valence-electron chi connectivity index (χ2n) is 3.96. The largest absolute Gasteiger partial charge is 0.439 e. The van der Waals surface area contributed by atoms with Crippen LogP contribution in [-0.2, 0) is 0 Å². The van der Waals surface area contributed by atoms with Crippen molar-refractivity contribution in [1.29, 1.82) is 0 Å². The monoisotopic (exact) mass is 252 g/mol. The fourth-order valence-electron chi connectivity index (χ4n) is 1.71. The van der Waals surface area contributed by atoms with Crippen LogP contribution >= 0.6 is 0 Å². The fraction of sp³-hybridized carbons (Fsp3) is 0. The molecule has 2 heterocycles. The van der Waals surface area contributed by atoms with Crippen molar-refractivity contribution in [3.63, 3.8) is 0 Å². The van der Waals surface area contributed by atoms with E-state index in [1.165, 1.54) is 0 Å². The minimum Gasteiger partial charge on any atom is -0.439 e. The molecule has 0 amide bonds. The smallest absolute Gasteiger partial charge is 0.221 e. The molecule has 0 aliphatic carbocycles. The van der Waals surface area contributed by atoms with Crippen LogP contribution in [0, 0.1) is 0 Å². The number of nitrogens with two attached hydrogens (primary N) is 1. The Hall–Kier alpha value is -2.82. The summed E-state index contributed by atoms with van der Waals surface area (Å²) in [5, 5.41) is 0. The van der Waals surface area contributed by atoms with Crippen LogP contribution in [0.15, 0.2) is 54.9 Å². The maximum atomic E-state index is 5.61. The lowest BCUT2D eigenvalue weighted by atomic mass is 10.2. The predicted octanol–water partition coefficient (Wildman–Crippen LogP) is 2.85. The zero-order chi connectivity index (χ0) is 13.1. The summed E-state index contributed by atoms with van der Waals surface area (Å²) in [6.45, 7) is 0. The molecule has 3 N–H and O–H groups in total. The van der Waals surface area contributed by atoms with Gasteiger partial charge in [0.2, 0.25) is 5.88 Å². The molecule has 0 saturated heterocycles. The number of benzene rings is 1. The van der Waals surface area contributed by atoms with Crippen LogP contribution in [0.25, 0.3) is 11.4 Å². The number of hydrogen-bond acceptors (Lipinski definition) is 4. The third-order valence-electron chi connectivity index (χ3n) is 2.59. The van der Waals surface area contributed by atoms with Crippen molar-refractivity contribution >= 4 is 5.82 Å². The van der Waals surface area contributed by atoms with Crippen LogP contribution in [0.1, 0.15) is 0 Å². The summed E-state index contributed by atoms with van der Waals surface area (Å²) >= 11 is 0. The molecule has 1 aromatic carbocycles. The van der Waals surface area contributed by atoms with Crippen LogP contribution < -0.4 is 10.5 Å². The molecule has 0 aliphatic rings. The predicted molar refractivity (Wildman–Crippen MR) is 72.7 cm³/mol. The molecule has 94 valence electrons. The molecule has 0 saturated carbocycles. The topological polar surface area (TPSA) is 76.8 Å². The van der Waals surface area contributed by atoms with E-state index >= 15 is 0 Å². The van der Waals surface area contributed by atoms with Gasteiger partial charge in [-0.3, -0.25) is 0 Å². The van der Waals surface area contributed by atoms with Crippen LogP contribution in [0.3, 0.4) is 0 Å². The van der Waals surface area contributed by atoms with Crippen LogP contribution in [0.4, 0.5) is 5.82 Å². The summed E-state index contributed by atoms with van der Waals surface area (Å²) in [4.78, 5) is 11.3. The molecule has 0 atom stereocenters. The molecule has 0 fully saturated rings. The van der Waals surface area contributed by atoms with Crippen molar-refractivity contribution in [1.82, 2.24) is 15.0 Å². The number of H-pyrrole nitrogens is 1.